The van der Waals surface area contributed by atoms with Gasteiger partial charge in [0.1, 0.15) is 0 Å². The zero-order chi connectivity index (χ0) is 14.8. The highest BCUT2D eigenvalue weighted by Gasteiger charge is 2.28. The van der Waals surface area contributed by atoms with Gasteiger partial charge in [-0.2, -0.15) is 0 Å². The molecule has 1 aromatic rings. The maximum atomic E-state index is 12.5. The predicted octanol–water partition coefficient (Wildman–Crippen LogP) is 1.70. The van der Waals surface area contributed by atoms with Crippen molar-refractivity contribution in [1.82, 2.24) is 4.90 Å². The van der Waals surface area contributed by atoms with Crippen molar-refractivity contribution in [2.45, 2.75) is 44.6 Å². The van der Waals surface area contributed by atoms with Crippen LogP contribution in [0.3, 0.4) is 0 Å². The van der Waals surface area contributed by atoms with E-state index in [2.05, 4.69) is 6.07 Å². The molecule has 1 atom stereocenters. The van der Waals surface area contributed by atoms with Crippen LogP contribution in [0.1, 0.15) is 47.2 Å². The minimum absolute atomic E-state index is 0.0952. The molecule has 1 unspecified atom stereocenters. The number of primary amides is 1. The Kier molecular flexibility index (Phi) is 4.06. The number of carbonyl (C=O) groups excluding carboxylic acids is 2. The lowest BCUT2D eigenvalue weighted by Crippen LogP contribution is -2.49. The summed E-state index contributed by atoms with van der Waals surface area (Å²) in [7, 11) is 0. The number of benzene rings is 1. The molecule has 0 bridgehead atoms. The highest BCUT2D eigenvalue weighted by atomic mass is 16.1. The van der Waals surface area contributed by atoms with Gasteiger partial charge in [-0.05, 0) is 55.8 Å². The highest BCUT2D eigenvalue weighted by molar-refractivity contribution is 5.98. The number of aryl methyl sites for hydroxylation is 2. The van der Waals surface area contributed by atoms with Crippen molar-refractivity contribution in [1.29, 1.82) is 0 Å². The van der Waals surface area contributed by atoms with Crippen molar-refractivity contribution >= 4 is 11.7 Å². The van der Waals surface area contributed by atoms with Gasteiger partial charge in [0.15, 0.2) is 5.78 Å². The van der Waals surface area contributed by atoms with Crippen molar-refractivity contribution in [2.24, 2.45) is 5.73 Å². The lowest BCUT2D eigenvalue weighted by Gasteiger charge is -2.32. The Hall–Kier alpha value is -1.68. The fourth-order valence-electron chi connectivity index (χ4n) is 3.52. The van der Waals surface area contributed by atoms with Crippen LogP contribution >= 0.6 is 0 Å². The molecule has 112 valence electrons. The third kappa shape index (κ3) is 3.00. The first-order valence-corrected chi connectivity index (χ1v) is 7.83. The lowest BCUT2D eigenvalue weighted by atomic mass is 9.99. The van der Waals surface area contributed by atoms with Crippen LogP contribution in [0, 0.1) is 0 Å². The minimum atomic E-state index is -0.309. The van der Waals surface area contributed by atoms with E-state index >= 15 is 0 Å². The Balaban J connectivity index is 1.72. The van der Waals surface area contributed by atoms with Gasteiger partial charge in [0.2, 0.25) is 5.91 Å². The van der Waals surface area contributed by atoms with Gasteiger partial charge in [0.05, 0.1) is 12.6 Å². The van der Waals surface area contributed by atoms with Crippen LogP contribution in [0.2, 0.25) is 0 Å². The Labute approximate surface area is 125 Å². The van der Waals surface area contributed by atoms with Crippen LogP contribution in [0.15, 0.2) is 18.2 Å². The molecule has 2 N–H and O–H groups in total. The van der Waals surface area contributed by atoms with Gasteiger partial charge < -0.3 is 5.73 Å². The van der Waals surface area contributed by atoms with E-state index in [1.165, 1.54) is 17.5 Å². The number of likely N-dealkylation sites (tertiary alicyclic amines) is 1. The van der Waals surface area contributed by atoms with Gasteiger partial charge in [-0.1, -0.05) is 18.6 Å². The molecular formula is C17H22N2O2. The zero-order valence-electron chi connectivity index (χ0n) is 12.3. The summed E-state index contributed by atoms with van der Waals surface area (Å²) < 4.78 is 0. The van der Waals surface area contributed by atoms with Crippen LogP contribution in [-0.2, 0) is 17.6 Å². The number of piperidine rings is 1. The molecule has 0 aromatic heterocycles. The average molecular weight is 286 g/mol. The molecule has 0 spiro atoms. The number of Topliss-reactive ketones (excluding diaryl/α,β-unsaturated/α-hetero) is 1. The Morgan fingerprint density at radius 3 is 2.76 bits per heavy atom. The minimum Gasteiger partial charge on any atom is -0.368 e. The van der Waals surface area contributed by atoms with E-state index in [-0.39, 0.29) is 17.7 Å². The molecule has 0 radical (unpaired) electrons. The van der Waals surface area contributed by atoms with E-state index in [9.17, 15) is 9.59 Å². The van der Waals surface area contributed by atoms with E-state index in [0.29, 0.717) is 6.54 Å². The van der Waals surface area contributed by atoms with Crippen LogP contribution in [0.4, 0.5) is 0 Å². The first-order valence-electron chi connectivity index (χ1n) is 7.83. The van der Waals surface area contributed by atoms with Gasteiger partial charge in [0, 0.05) is 5.56 Å². The maximum Gasteiger partial charge on any atom is 0.234 e. The van der Waals surface area contributed by atoms with E-state index in [1.807, 2.05) is 17.0 Å². The number of nitrogens with two attached hydrogens (primary N) is 1. The first kappa shape index (κ1) is 14.3. The van der Waals surface area contributed by atoms with Gasteiger partial charge in [-0.3, -0.25) is 14.5 Å². The molecule has 1 amide bonds. The van der Waals surface area contributed by atoms with Crippen molar-refractivity contribution in [3.05, 3.63) is 34.9 Å². The molecule has 21 heavy (non-hydrogen) atoms. The van der Waals surface area contributed by atoms with Crippen molar-refractivity contribution in [3.8, 4) is 0 Å². The van der Waals surface area contributed by atoms with Crippen molar-refractivity contribution in [2.75, 3.05) is 13.1 Å². The van der Waals surface area contributed by atoms with E-state index < -0.39 is 0 Å². The Morgan fingerprint density at radius 2 is 1.95 bits per heavy atom. The summed E-state index contributed by atoms with van der Waals surface area (Å²) in [5, 5.41) is 0. The standard InChI is InChI=1S/C17H22N2O2/c18-17(21)15-6-1-2-9-19(15)11-16(20)14-8-7-12-4-3-5-13(12)10-14/h7-8,10,15H,1-6,9,11H2,(H2,18,21). The average Bonchev–Trinajstić information content (AvgIpc) is 2.94. The normalized spacial score (nSPS) is 22.0. The molecule has 1 saturated heterocycles. The molecular weight excluding hydrogens is 264 g/mol. The number of nitrogens with zero attached hydrogens (tertiary/aromatic N) is 1. The van der Waals surface area contributed by atoms with Gasteiger partial charge >= 0.3 is 0 Å². The molecule has 4 heteroatoms. The summed E-state index contributed by atoms with van der Waals surface area (Å²) in [6.45, 7) is 1.08. The summed E-state index contributed by atoms with van der Waals surface area (Å²) >= 11 is 0. The number of fused-ring (bicyclic) bond motifs is 1. The zero-order valence-corrected chi connectivity index (χ0v) is 12.3. The highest BCUT2D eigenvalue weighted by Crippen LogP contribution is 2.23. The smallest absolute Gasteiger partial charge is 0.234 e. The number of amides is 1. The molecule has 3 rings (SSSR count). The SMILES string of the molecule is NC(=O)C1CCCCN1CC(=O)c1ccc2c(c1)CCC2. The quantitative estimate of drug-likeness (QED) is 0.857. The number of ketones is 1. The Bertz CT molecular complexity index is 568. The molecule has 4 nitrogen and oxygen atoms in total. The first-order chi connectivity index (χ1) is 10.1. The van der Waals surface area contributed by atoms with E-state index in [4.69, 9.17) is 5.73 Å². The molecule has 1 heterocycles. The second-order valence-corrected chi connectivity index (χ2v) is 6.14. The number of hydrogen-bond donors (Lipinski definition) is 1. The lowest BCUT2D eigenvalue weighted by molar-refractivity contribution is -0.124. The topological polar surface area (TPSA) is 63.4 Å². The summed E-state index contributed by atoms with van der Waals surface area (Å²) in [6, 6.07) is 5.76. The van der Waals surface area contributed by atoms with Crippen molar-refractivity contribution < 1.29 is 9.59 Å². The van der Waals surface area contributed by atoms with Crippen LogP contribution < -0.4 is 5.73 Å². The largest absolute Gasteiger partial charge is 0.368 e. The van der Waals surface area contributed by atoms with Crippen LogP contribution in [0.5, 0.6) is 0 Å². The number of carbonyl (C=O) groups is 2. The molecule has 1 aromatic carbocycles. The van der Waals surface area contributed by atoms with Crippen LogP contribution in [-0.4, -0.2) is 35.7 Å². The third-order valence-electron chi connectivity index (χ3n) is 4.71. The maximum absolute atomic E-state index is 12.5. The molecule has 2 aliphatic rings. The van der Waals surface area contributed by atoms with Crippen molar-refractivity contribution in [3.63, 3.8) is 0 Å². The summed E-state index contributed by atoms with van der Waals surface area (Å²) in [4.78, 5) is 25.9. The fraction of sp³-hybridized carbons (Fsp3) is 0.529. The third-order valence-corrected chi connectivity index (χ3v) is 4.71. The van der Waals surface area contributed by atoms with Gasteiger partial charge in [-0.25, -0.2) is 0 Å². The molecule has 1 aliphatic carbocycles. The fourth-order valence-corrected chi connectivity index (χ4v) is 3.52. The summed E-state index contributed by atoms with van der Waals surface area (Å²) in [5.41, 5.74) is 8.91. The number of hydrogen-bond acceptors (Lipinski definition) is 3. The second kappa shape index (κ2) is 5.98. The van der Waals surface area contributed by atoms with E-state index in [1.54, 1.807) is 0 Å². The van der Waals surface area contributed by atoms with Crippen LogP contribution in [0.25, 0.3) is 0 Å². The van der Waals surface area contributed by atoms with Gasteiger partial charge in [0.25, 0.3) is 0 Å². The predicted molar refractivity (Wildman–Crippen MR) is 81.2 cm³/mol. The summed E-state index contributed by atoms with van der Waals surface area (Å²) in [6.07, 6.45) is 6.19. The number of rotatable bonds is 4. The molecule has 1 fully saturated rings. The molecule has 1 aliphatic heterocycles. The van der Waals surface area contributed by atoms with Gasteiger partial charge in [-0.15, -0.1) is 0 Å². The Morgan fingerprint density at radius 1 is 1.14 bits per heavy atom. The summed E-state index contributed by atoms with van der Waals surface area (Å²) in [5.74, 6) is -0.214. The van der Waals surface area contributed by atoms with E-state index in [0.717, 1.165) is 44.2 Å². The second-order valence-electron chi connectivity index (χ2n) is 6.14. The monoisotopic (exact) mass is 286 g/mol. The molecule has 0 saturated carbocycles.